The van der Waals surface area contributed by atoms with Gasteiger partial charge in [0.1, 0.15) is 0 Å². The van der Waals surface area contributed by atoms with E-state index < -0.39 is 5.97 Å². The maximum Gasteiger partial charge on any atom is 0.338 e. The first-order valence-electron chi connectivity index (χ1n) is 5.73. The van der Waals surface area contributed by atoms with Crippen molar-refractivity contribution in [2.24, 2.45) is 5.92 Å². The number of hydrogen-bond donors (Lipinski definition) is 2. The average molecular weight is 238 g/mol. The van der Waals surface area contributed by atoms with Gasteiger partial charge in [-0.15, -0.1) is 0 Å². The van der Waals surface area contributed by atoms with Gasteiger partial charge in [-0.1, -0.05) is 20.3 Å². The molecule has 0 bridgehead atoms. The number of benzene rings is 1. The van der Waals surface area contributed by atoms with Crippen molar-refractivity contribution in [2.45, 2.75) is 26.7 Å². The summed E-state index contributed by atoms with van der Waals surface area (Å²) in [6.45, 7) is 4.56. The van der Waals surface area contributed by atoms with E-state index >= 15 is 0 Å². The normalized spacial score (nSPS) is 12.1. The first kappa shape index (κ1) is 13.4. The minimum Gasteiger partial charge on any atom is -0.504 e. The van der Waals surface area contributed by atoms with Crippen LogP contribution in [-0.4, -0.2) is 22.8 Å². The second-order valence-corrected chi connectivity index (χ2v) is 4.14. The molecule has 0 aliphatic carbocycles. The van der Waals surface area contributed by atoms with E-state index in [-0.39, 0.29) is 17.1 Å². The first-order chi connectivity index (χ1) is 8.04. The van der Waals surface area contributed by atoms with E-state index in [4.69, 9.17) is 9.84 Å². The molecule has 0 aromatic heterocycles. The van der Waals surface area contributed by atoms with Crippen LogP contribution in [0.1, 0.15) is 37.0 Å². The second kappa shape index (κ2) is 6.13. The summed E-state index contributed by atoms with van der Waals surface area (Å²) >= 11 is 0. The van der Waals surface area contributed by atoms with Gasteiger partial charge in [0, 0.05) is 0 Å². The fourth-order valence-electron chi connectivity index (χ4n) is 1.29. The minimum atomic E-state index is -0.483. The van der Waals surface area contributed by atoms with Gasteiger partial charge < -0.3 is 14.9 Å². The topological polar surface area (TPSA) is 66.8 Å². The Kier molecular flexibility index (Phi) is 4.82. The zero-order valence-corrected chi connectivity index (χ0v) is 10.1. The number of phenols is 2. The maximum absolute atomic E-state index is 11.6. The molecule has 2 N–H and O–H groups in total. The average Bonchev–Trinajstić information content (AvgIpc) is 2.32. The van der Waals surface area contributed by atoms with Crippen LogP contribution in [0.5, 0.6) is 11.5 Å². The number of hydrogen-bond acceptors (Lipinski definition) is 4. The van der Waals surface area contributed by atoms with Crippen LogP contribution in [0.4, 0.5) is 0 Å². The molecular weight excluding hydrogens is 220 g/mol. The predicted molar refractivity (Wildman–Crippen MR) is 64.1 cm³/mol. The van der Waals surface area contributed by atoms with Crippen molar-refractivity contribution >= 4 is 5.97 Å². The summed E-state index contributed by atoms with van der Waals surface area (Å²) in [4.78, 5) is 11.6. The van der Waals surface area contributed by atoms with Gasteiger partial charge in [-0.3, -0.25) is 0 Å². The molecular formula is C13H18O4. The molecule has 0 amide bonds. The van der Waals surface area contributed by atoms with Crippen LogP contribution in [0.15, 0.2) is 18.2 Å². The number of phenolic OH excluding ortho intramolecular Hbond substituents is 2. The van der Waals surface area contributed by atoms with Gasteiger partial charge in [-0.05, 0) is 30.5 Å². The molecule has 94 valence electrons. The third kappa shape index (κ3) is 3.98. The Balaban J connectivity index is 2.50. The SMILES string of the molecule is CCC(C)CCOC(=O)c1ccc(O)c(O)c1. The van der Waals surface area contributed by atoms with Gasteiger partial charge in [0.05, 0.1) is 12.2 Å². The Hall–Kier alpha value is -1.71. The molecule has 1 rings (SSSR count). The molecule has 4 nitrogen and oxygen atoms in total. The highest BCUT2D eigenvalue weighted by molar-refractivity contribution is 5.90. The lowest BCUT2D eigenvalue weighted by Gasteiger charge is -2.09. The molecule has 0 fully saturated rings. The van der Waals surface area contributed by atoms with Gasteiger partial charge in [-0.2, -0.15) is 0 Å². The molecule has 1 aromatic carbocycles. The monoisotopic (exact) mass is 238 g/mol. The van der Waals surface area contributed by atoms with Crippen molar-refractivity contribution in [3.8, 4) is 11.5 Å². The van der Waals surface area contributed by atoms with Crippen molar-refractivity contribution in [3.05, 3.63) is 23.8 Å². The minimum absolute atomic E-state index is 0.240. The second-order valence-electron chi connectivity index (χ2n) is 4.14. The Bertz CT molecular complexity index is 387. The van der Waals surface area contributed by atoms with Crippen molar-refractivity contribution in [1.29, 1.82) is 0 Å². The van der Waals surface area contributed by atoms with E-state index in [0.717, 1.165) is 12.8 Å². The Labute approximate surface area is 101 Å². The molecule has 0 saturated carbocycles. The first-order valence-corrected chi connectivity index (χ1v) is 5.73. The molecule has 1 aromatic rings. The molecule has 0 saturated heterocycles. The van der Waals surface area contributed by atoms with Crippen LogP contribution in [0.2, 0.25) is 0 Å². The number of rotatable bonds is 5. The lowest BCUT2D eigenvalue weighted by atomic mass is 10.1. The van der Waals surface area contributed by atoms with E-state index in [2.05, 4.69) is 13.8 Å². The lowest BCUT2D eigenvalue weighted by molar-refractivity contribution is 0.0484. The smallest absolute Gasteiger partial charge is 0.338 e. The quantitative estimate of drug-likeness (QED) is 0.611. The van der Waals surface area contributed by atoms with Crippen molar-refractivity contribution in [2.75, 3.05) is 6.61 Å². The number of carbonyl (C=O) groups is 1. The Morgan fingerprint density at radius 2 is 2.06 bits per heavy atom. The maximum atomic E-state index is 11.6. The van der Waals surface area contributed by atoms with E-state index in [1.807, 2.05) is 0 Å². The number of esters is 1. The van der Waals surface area contributed by atoms with E-state index in [0.29, 0.717) is 12.5 Å². The Morgan fingerprint density at radius 3 is 2.65 bits per heavy atom. The van der Waals surface area contributed by atoms with Gasteiger partial charge in [0.2, 0.25) is 0 Å². The van der Waals surface area contributed by atoms with Gasteiger partial charge in [0.25, 0.3) is 0 Å². The van der Waals surface area contributed by atoms with Crippen LogP contribution in [0, 0.1) is 5.92 Å². The largest absolute Gasteiger partial charge is 0.504 e. The standard InChI is InChI=1S/C13H18O4/c1-3-9(2)6-7-17-13(16)10-4-5-11(14)12(15)8-10/h4-5,8-9,14-15H,3,6-7H2,1-2H3. The number of carbonyl (C=O) groups excluding carboxylic acids is 1. The summed E-state index contributed by atoms with van der Waals surface area (Å²) in [6.07, 6.45) is 1.88. The highest BCUT2D eigenvalue weighted by Crippen LogP contribution is 2.25. The molecule has 0 radical (unpaired) electrons. The lowest BCUT2D eigenvalue weighted by Crippen LogP contribution is -2.08. The molecule has 0 spiro atoms. The fraction of sp³-hybridized carbons (Fsp3) is 0.462. The van der Waals surface area contributed by atoms with Gasteiger partial charge >= 0.3 is 5.97 Å². The molecule has 1 atom stereocenters. The summed E-state index contributed by atoms with van der Waals surface area (Å²) in [7, 11) is 0. The zero-order chi connectivity index (χ0) is 12.8. The fourth-order valence-corrected chi connectivity index (χ4v) is 1.29. The summed E-state index contributed by atoms with van der Waals surface area (Å²) in [5.41, 5.74) is 0.240. The van der Waals surface area contributed by atoms with Crippen LogP contribution in [-0.2, 0) is 4.74 Å². The summed E-state index contributed by atoms with van der Waals surface area (Å²) < 4.78 is 5.06. The van der Waals surface area contributed by atoms with Crippen LogP contribution < -0.4 is 0 Å². The van der Waals surface area contributed by atoms with E-state index in [1.54, 1.807) is 0 Å². The van der Waals surface area contributed by atoms with Crippen molar-refractivity contribution in [3.63, 3.8) is 0 Å². The summed E-state index contributed by atoms with van der Waals surface area (Å²) in [5.74, 6) is -0.526. The molecule has 0 heterocycles. The zero-order valence-electron chi connectivity index (χ0n) is 10.1. The predicted octanol–water partition coefficient (Wildman–Crippen LogP) is 2.69. The third-order valence-electron chi connectivity index (χ3n) is 2.75. The van der Waals surface area contributed by atoms with Gasteiger partial charge in [-0.25, -0.2) is 4.79 Å². The highest BCUT2D eigenvalue weighted by atomic mass is 16.5. The van der Waals surface area contributed by atoms with Crippen LogP contribution in [0.25, 0.3) is 0 Å². The van der Waals surface area contributed by atoms with Crippen molar-refractivity contribution < 1.29 is 19.7 Å². The van der Waals surface area contributed by atoms with Crippen molar-refractivity contribution in [1.82, 2.24) is 0 Å². The number of ether oxygens (including phenoxy) is 1. The van der Waals surface area contributed by atoms with Gasteiger partial charge in [0.15, 0.2) is 11.5 Å². The molecule has 4 heteroatoms. The van der Waals surface area contributed by atoms with Crippen LogP contribution in [0.3, 0.4) is 0 Å². The molecule has 0 aliphatic rings. The molecule has 1 unspecified atom stereocenters. The van der Waals surface area contributed by atoms with Crippen LogP contribution >= 0.6 is 0 Å². The molecule has 17 heavy (non-hydrogen) atoms. The Morgan fingerprint density at radius 1 is 1.35 bits per heavy atom. The highest BCUT2D eigenvalue weighted by Gasteiger charge is 2.10. The third-order valence-corrected chi connectivity index (χ3v) is 2.75. The van der Waals surface area contributed by atoms with E-state index in [9.17, 15) is 9.90 Å². The van der Waals surface area contributed by atoms with E-state index in [1.165, 1.54) is 18.2 Å². The summed E-state index contributed by atoms with van der Waals surface area (Å²) in [6, 6.07) is 3.88. The summed E-state index contributed by atoms with van der Waals surface area (Å²) in [5, 5.41) is 18.3. The molecule has 0 aliphatic heterocycles. The number of aromatic hydroxyl groups is 2.